The van der Waals surface area contributed by atoms with Gasteiger partial charge in [-0.25, -0.2) is 4.68 Å². The third-order valence-corrected chi connectivity index (χ3v) is 6.31. The first kappa shape index (κ1) is 20.8. The number of nitrogens with zero attached hydrogens (tertiary/aromatic N) is 3. The molecular formula is C20H16Br2N4O3S. The molecule has 1 aliphatic rings. The maximum Gasteiger partial charge on any atom is 0.262 e. The molecule has 3 aromatic rings. The molecule has 0 bridgehead atoms. The summed E-state index contributed by atoms with van der Waals surface area (Å²) in [7, 11) is 0. The van der Waals surface area contributed by atoms with E-state index in [1.165, 1.54) is 11.3 Å². The molecule has 2 N–H and O–H groups in total. The standard InChI is InChI=1S/C20H16Br2N4O3S/c1-2-23-20-26(24-8-11-5-13(21)19(28)14(22)6-11)16(10-30-20)12-3-4-17-15(7-12)25-18(27)9-29-17/h3-8,10,28H,2,9H2,1H3,(H,25,27). The average Bonchev–Trinajstić information content (AvgIpc) is 3.12. The number of carbonyl (C=O) groups is 1. The molecule has 4 rings (SSSR count). The Morgan fingerprint density at radius 1 is 1.30 bits per heavy atom. The van der Waals surface area contributed by atoms with Crippen LogP contribution in [0.4, 0.5) is 5.69 Å². The Balaban J connectivity index is 1.77. The summed E-state index contributed by atoms with van der Waals surface area (Å²) >= 11 is 8.15. The second kappa shape index (κ2) is 8.75. The molecule has 7 nitrogen and oxygen atoms in total. The first-order valence-electron chi connectivity index (χ1n) is 8.96. The van der Waals surface area contributed by atoms with E-state index in [1.54, 1.807) is 23.0 Å². The molecule has 154 valence electrons. The molecule has 1 aromatic heterocycles. The Morgan fingerprint density at radius 2 is 2.07 bits per heavy atom. The van der Waals surface area contributed by atoms with Crippen LogP contribution in [0, 0.1) is 0 Å². The SMILES string of the molecule is CCN=c1scc(-c2ccc3c(c2)NC(=O)CO3)n1N=Cc1cc(Br)c(O)c(Br)c1. The lowest BCUT2D eigenvalue weighted by atomic mass is 10.1. The maximum absolute atomic E-state index is 11.7. The zero-order chi connectivity index (χ0) is 21.3. The predicted octanol–water partition coefficient (Wildman–Crippen LogP) is 4.58. The highest BCUT2D eigenvalue weighted by Crippen LogP contribution is 2.34. The van der Waals surface area contributed by atoms with Crippen LogP contribution in [0.3, 0.4) is 0 Å². The van der Waals surface area contributed by atoms with Gasteiger partial charge in [-0.15, -0.1) is 11.3 Å². The number of hydrogen-bond acceptors (Lipinski definition) is 6. The van der Waals surface area contributed by atoms with Crippen LogP contribution >= 0.6 is 43.2 Å². The summed E-state index contributed by atoms with van der Waals surface area (Å²) in [4.78, 5) is 16.9. The van der Waals surface area contributed by atoms with Crippen molar-refractivity contribution in [3.63, 3.8) is 0 Å². The Kier molecular flexibility index (Phi) is 6.07. The molecular weight excluding hydrogens is 536 g/mol. The van der Waals surface area contributed by atoms with Crippen LogP contribution in [-0.4, -0.2) is 35.1 Å². The predicted molar refractivity (Wildman–Crippen MR) is 124 cm³/mol. The van der Waals surface area contributed by atoms with E-state index in [4.69, 9.17) is 4.74 Å². The Bertz CT molecular complexity index is 1210. The van der Waals surface area contributed by atoms with Gasteiger partial charge in [0.15, 0.2) is 6.61 Å². The highest BCUT2D eigenvalue weighted by molar-refractivity contribution is 9.11. The number of halogens is 2. The smallest absolute Gasteiger partial charge is 0.262 e. The number of thiazole rings is 1. The van der Waals surface area contributed by atoms with Gasteiger partial charge in [-0.2, -0.15) is 5.10 Å². The number of phenols is 1. The summed E-state index contributed by atoms with van der Waals surface area (Å²) in [6.45, 7) is 2.61. The monoisotopic (exact) mass is 550 g/mol. The van der Waals surface area contributed by atoms with Crippen LogP contribution in [0.25, 0.3) is 11.3 Å². The molecule has 0 atom stereocenters. The average molecular weight is 552 g/mol. The fourth-order valence-corrected chi connectivity index (χ4v) is 5.00. The molecule has 1 amide bonds. The Hall–Kier alpha value is -2.43. The number of aromatic hydroxyl groups is 1. The lowest BCUT2D eigenvalue weighted by Crippen LogP contribution is -2.25. The lowest BCUT2D eigenvalue weighted by Gasteiger charge is -2.18. The van der Waals surface area contributed by atoms with Crippen molar-refractivity contribution in [3.05, 3.63) is 55.0 Å². The van der Waals surface area contributed by atoms with Gasteiger partial charge >= 0.3 is 0 Å². The largest absolute Gasteiger partial charge is 0.506 e. The number of phenolic OH excluding ortho intramolecular Hbond substituents is 1. The molecule has 1 aliphatic heterocycles. The summed E-state index contributed by atoms with van der Waals surface area (Å²) in [5.41, 5.74) is 3.14. The van der Waals surface area contributed by atoms with Crippen molar-refractivity contribution in [2.75, 3.05) is 18.5 Å². The molecule has 0 radical (unpaired) electrons. The van der Waals surface area contributed by atoms with E-state index in [2.05, 4.69) is 47.3 Å². The molecule has 0 aliphatic carbocycles. The van der Waals surface area contributed by atoms with Gasteiger partial charge in [-0.3, -0.25) is 9.79 Å². The third-order valence-electron chi connectivity index (χ3n) is 4.25. The van der Waals surface area contributed by atoms with E-state index in [9.17, 15) is 9.90 Å². The van der Waals surface area contributed by atoms with Crippen LogP contribution in [0.15, 0.2) is 54.8 Å². The molecule has 2 heterocycles. The van der Waals surface area contributed by atoms with Crippen LogP contribution in [-0.2, 0) is 4.79 Å². The molecule has 0 fully saturated rings. The maximum atomic E-state index is 11.7. The van der Waals surface area contributed by atoms with Crippen LogP contribution in [0.5, 0.6) is 11.5 Å². The minimum absolute atomic E-state index is 0.0202. The van der Waals surface area contributed by atoms with Crippen molar-refractivity contribution in [1.82, 2.24) is 4.68 Å². The van der Waals surface area contributed by atoms with Crippen molar-refractivity contribution in [2.24, 2.45) is 10.1 Å². The zero-order valence-corrected chi connectivity index (χ0v) is 19.7. The molecule has 10 heteroatoms. The number of amides is 1. The normalized spacial score (nSPS) is 14.0. The number of anilines is 1. The van der Waals surface area contributed by atoms with Crippen molar-refractivity contribution >= 4 is 61.0 Å². The summed E-state index contributed by atoms with van der Waals surface area (Å²) in [5.74, 6) is 0.595. The van der Waals surface area contributed by atoms with Crippen LogP contribution in [0.2, 0.25) is 0 Å². The minimum Gasteiger partial charge on any atom is -0.506 e. The number of benzene rings is 2. The molecule has 2 aromatic carbocycles. The molecule has 0 spiro atoms. The summed E-state index contributed by atoms with van der Waals surface area (Å²) < 4.78 is 8.34. The number of nitrogens with one attached hydrogen (secondary N) is 1. The fraction of sp³-hybridized carbons (Fsp3) is 0.150. The Morgan fingerprint density at radius 3 is 2.80 bits per heavy atom. The van der Waals surface area contributed by atoms with Crippen LogP contribution < -0.4 is 14.9 Å². The van der Waals surface area contributed by atoms with Crippen molar-refractivity contribution < 1.29 is 14.6 Å². The van der Waals surface area contributed by atoms with E-state index >= 15 is 0 Å². The van der Waals surface area contributed by atoms with Crippen molar-refractivity contribution in [3.8, 4) is 22.8 Å². The topological polar surface area (TPSA) is 88.2 Å². The van der Waals surface area contributed by atoms with Crippen LogP contribution in [0.1, 0.15) is 12.5 Å². The van der Waals surface area contributed by atoms with Gasteiger partial charge in [-0.05, 0) is 74.7 Å². The van der Waals surface area contributed by atoms with E-state index in [1.807, 2.05) is 30.5 Å². The molecule has 30 heavy (non-hydrogen) atoms. The van der Waals surface area contributed by atoms with Gasteiger partial charge in [0.1, 0.15) is 11.5 Å². The van der Waals surface area contributed by atoms with Gasteiger partial charge in [0.2, 0.25) is 4.80 Å². The van der Waals surface area contributed by atoms with Crippen molar-refractivity contribution in [1.29, 1.82) is 0 Å². The Labute approximate surface area is 193 Å². The molecule has 0 saturated heterocycles. The van der Waals surface area contributed by atoms with Crippen molar-refractivity contribution in [2.45, 2.75) is 6.92 Å². The summed E-state index contributed by atoms with van der Waals surface area (Å²) in [6.07, 6.45) is 1.70. The van der Waals surface area contributed by atoms with E-state index in [-0.39, 0.29) is 18.3 Å². The third kappa shape index (κ3) is 4.21. The lowest BCUT2D eigenvalue weighted by molar-refractivity contribution is -0.118. The van der Waals surface area contributed by atoms with E-state index in [0.29, 0.717) is 26.9 Å². The van der Waals surface area contributed by atoms with Gasteiger partial charge in [0.05, 0.1) is 26.5 Å². The number of fused-ring (bicyclic) bond motifs is 1. The molecule has 0 unspecified atom stereocenters. The van der Waals surface area contributed by atoms with Gasteiger partial charge in [0, 0.05) is 17.5 Å². The second-order valence-corrected chi connectivity index (χ2v) is 8.86. The summed E-state index contributed by atoms with van der Waals surface area (Å²) in [5, 5.41) is 19.4. The van der Waals surface area contributed by atoms with E-state index in [0.717, 1.165) is 21.6 Å². The number of rotatable bonds is 4. The number of hydrogen-bond donors (Lipinski definition) is 2. The van der Waals surface area contributed by atoms with E-state index < -0.39 is 0 Å². The van der Waals surface area contributed by atoms with Gasteiger partial charge < -0.3 is 15.2 Å². The first-order valence-corrected chi connectivity index (χ1v) is 11.4. The quantitative estimate of drug-likeness (QED) is 0.465. The fourth-order valence-electron chi connectivity index (χ4n) is 2.88. The minimum atomic E-state index is -0.180. The van der Waals surface area contributed by atoms with Gasteiger partial charge in [0.25, 0.3) is 5.91 Å². The van der Waals surface area contributed by atoms with Gasteiger partial charge in [-0.1, -0.05) is 0 Å². The first-order chi connectivity index (χ1) is 14.5. The highest BCUT2D eigenvalue weighted by atomic mass is 79.9. The second-order valence-electron chi connectivity index (χ2n) is 6.32. The number of ether oxygens (including phenoxy) is 1. The zero-order valence-electron chi connectivity index (χ0n) is 15.7. The number of carbonyl (C=O) groups excluding carboxylic acids is 1. The molecule has 0 saturated carbocycles. The summed E-state index contributed by atoms with van der Waals surface area (Å²) in [6, 6.07) is 9.18. The number of aromatic nitrogens is 1. The highest BCUT2D eigenvalue weighted by Gasteiger charge is 2.17.